The number of piperazine rings is 1. The van der Waals surface area contributed by atoms with Crippen LogP contribution < -0.4 is 25.2 Å². The van der Waals surface area contributed by atoms with Crippen LogP contribution in [-0.4, -0.2) is 61.3 Å². The highest BCUT2D eigenvalue weighted by Gasteiger charge is 2.31. The van der Waals surface area contributed by atoms with Gasteiger partial charge in [-0.25, -0.2) is 4.98 Å². The van der Waals surface area contributed by atoms with Crippen LogP contribution in [0.25, 0.3) is 22.7 Å². The molecule has 0 spiro atoms. The number of likely N-dealkylation sites (N-methyl/N-ethyl adjacent to an activating group) is 1. The van der Waals surface area contributed by atoms with Gasteiger partial charge in [-0.3, -0.25) is 4.79 Å². The first kappa shape index (κ1) is 32.1. The van der Waals surface area contributed by atoms with Crippen molar-refractivity contribution in [1.82, 2.24) is 9.55 Å². The molecule has 2 aromatic heterocycles. The van der Waals surface area contributed by atoms with E-state index in [4.69, 9.17) is 14.3 Å². The molecular formula is C29H26F6N4O5. The summed E-state index contributed by atoms with van der Waals surface area (Å²) in [5.41, 5.74) is 3.65. The Balaban J connectivity index is 0.000000566. The largest absolute Gasteiger partial charge is 0.573 e. The van der Waals surface area contributed by atoms with Gasteiger partial charge in [0.2, 0.25) is 5.89 Å². The standard InChI is InChI=1S/C27H25F3N4O3.C2HF3O2/c1-32-11-13-33(14-12-32)22-4-2-3-19(15-22)16-34-17-21(7-10-25(34)35)26-31-24(18-36-26)20-5-8-23(9-6-20)37-27(28,29)30;3-2(4,5)1(6)7/h2-10,15,17-18H,11-14,16H2,1H3;(H,6,7). The average Bonchev–Trinajstić information content (AvgIpc) is 3.45. The number of ether oxygens (including phenoxy) is 1. The van der Waals surface area contributed by atoms with Gasteiger partial charge in [0, 0.05) is 23.5 Å². The van der Waals surface area contributed by atoms with Crippen molar-refractivity contribution in [1.29, 1.82) is 0 Å². The Bertz CT molecular complexity index is 1620. The summed E-state index contributed by atoms with van der Waals surface area (Å²) in [7, 11) is 2.20. The second-order valence-corrected chi connectivity index (χ2v) is 9.89. The topological polar surface area (TPSA) is 105 Å². The number of aliphatic carboxylic acids is 1. The minimum Gasteiger partial charge on any atom is -0.542 e. The molecule has 2 aromatic carbocycles. The summed E-state index contributed by atoms with van der Waals surface area (Å²) in [6.45, 7) is 4.57. The normalized spacial score (nSPS) is 14.1. The molecule has 44 heavy (non-hydrogen) atoms. The maximum atomic E-state index is 12.6. The van der Waals surface area contributed by atoms with Gasteiger partial charge in [0.05, 0.1) is 45.3 Å². The summed E-state index contributed by atoms with van der Waals surface area (Å²) in [5.74, 6) is -3.02. The summed E-state index contributed by atoms with van der Waals surface area (Å²) in [6.07, 6.45) is -6.83. The highest BCUT2D eigenvalue weighted by molar-refractivity contribution is 5.70. The van der Waals surface area contributed by atoms with E-state index < -0.39 is 18.5 Å². The minimum absolute atomic E-state index is 0.149. The molecule has 234 valence electrons. The summed E-state index contributed by atoms with van der Waals surface area (Å²) in [5, 5.41) is 8.78. The van der Waals surface area contributed by atoms with Crippen molar-refractivity contribution in [2.45, 2.75) is 19.1 Å². The summed E-state index contributed by atoms with van der Waals surface area (Å²) >= 11 is 0. The highest BCUT2D eigenvalue weighted by atomic mass is 19.4. The SMILES string of the molecule is C[NH+]1CCN(c2cccc(Cn3cc(-c4nc(-c5ccc(OC(F)(F)F)cc5)co4)ccc3=O)c2)CC1.O=C([O-])C(F)(F)F. The fourth-order valence-corrected chi connectivity index (χ4v) is 4.34. The molecule has 1 saturated heterocycles. The number of carbonyl (C=O) groups is 1. The number of pyridine rings is 1. The molecule has 3 heterocycles. The molecule has 1 aliphatic heterocycles. The van der Waals surface area contributed by atoms with Crippen molar-refractivity contribution in [3.63, 3.8) is 0 Å². The molecule has 0 aliphatic carbocycles. The second-order valence-electron chi connectivity index (χ2n) is 9.89. The monoisotopic (exact) mass is 624 g/mol. The first-order valence-electron chi connectivity index (χ1n) is 13.1. The van der Waals surface area contributed by atoms with Gasteiger partial charge in [-0.2, -0.15) is 13.2 Å². The number of hydrogen-bond acceptors (Lipinski definition) is 7. The van der Waals surface area contributed by atoms with E-state index in [1.54, 1.807) is 16.8 Å². The van der Waals surface area contributed by atoms with Crippen molar-refractivity contribution in [2.24, 2.45) is 0 Å². The lowest BCUT2D eigenvalue weighted by molar-refractivity contribution is -0.880. The van der Waals surface area contributed by atoms with E-state index in [9.17, 15) is 31.1 Å². The minimum atomic E-state index is -5.19. The van der Waals surface area contributed by atoms with E-state index in [2.05, 4.69) is 33.8 Å². The third-order valence-electron chi connectivity index (χ3n) is 6.60. The number of carbonyl (C=O) groups excluding carboxylic acids is 1. The maximum absolute atomic E-state index is 12.6. The number of quaternary nitrogens is 1. The number of anilines is 1. The number of carboxylic acids is 1. The van der Waals surface area contributed by atoms with Crippen LogP contribution >= 0.6 is 0 Å². The van der Waals surface area contributed by atoms with Crippen molar-refractivity contribution >= 4 is 11.7 Å². The number of aromatic nitrogens is 2. The number of halogens is 6. The van der Waals surface area contributed by atoms with Crippen LogP contribution in [0.15, 0.2) is 82.3 Å². The number of nitrogens with one attached hydrogen (secondary N) is 1. The third kappa shape index (κ3) is 8.86. The number of alkyl halides is 6. The zero-order valence-corrected chi connectivity index (χ0v) is 23.1. The Morgan fingerprint density at radius 3 is 2.25 bits per heavy atom. The number of nitrogens with zero attached hydrogens (tertiary/aromatic N) is 3. The van der Waals surface area contributed by atoms with Crippen LogP contribution in [0.2, 0.25) is 0 Å². The van der Waals surface area contributed by atoms with Crippen molar-refractivity contribution in [3.8, 4) is 28.5 Å². The highest BCUT2D eigenvalue weighted by Crippen LogP contribution is 2.28. The van der Waals surface area contributed by atoms with Crippen molar-refractivity contribution in [3.05, 3.63) is 89.0 Å². The van der Waals surface area contributed by atoms with Crippen LogP contribution in [0, 0.1) is 0 Å². The van der Waals surface area contributed by atoms with Crippen LogP contribution in [-0.2, 0) is 11.3 Å². The average molecular weight is 625 g/mol. The quantitative estimate of drug-likeness (QED) is 0.329. The molecule has 0 atom stereocenters. The first-order valence-corrected chi connectivity index (χ1v) is 13.1. The van der Waals surface area contributed by atoms with Gasteiger partial charge < -0.3 is 33.4 Å². The van der Waals surface area contributed by atoms with E-state index in [1.165, 1.54) is 41.5 Å². The molecule has 0 bridgehead atoms. The summed E-state index contributed by atoms with van der Waals surface area (Å²) in [6, 6.07) is 16.7. The predicted molar refractivity (Wildman–Crippen MR) is 144 cm³/mol. The number of oxazole rings is 1. The molecule has 0 unspecified atom stereocenters. The molecule has 1 fully saturated rings. The van der Waals surface area contributed by atoms with E-state index in [1.807, 2.05) is 12.1 Å². The van der Waals surface area contributed by atoms with E-state index >= 15 is 0 Å². The lowest BCUT2D eigenvalue weighted by atomic mass is 10.1. The Hall–Kier alpha value is -4.79. The molecule has 1 aliphatic rings. The lowest BCUT2D eigenvalue weighted by Crippen LogP contribution is -3.12. The van der Waals surface area contributed by atoms with Gasteiger partial charge in [0.1, 0.15) is 23.7 Å². The van der Waals surface area contributed by atoms with Gasteiger partial charge in [0.15, 0.2) is 0 Å². The van der Waals surface area contributed by atoms with E-state index in [0.29, 0.717) is 29.3 Å². The predicted octanol–water partition coefficient (Wildman–Crippen LogP) is 2.75. The van der Waals surface area contributed by atoms with E-state index in [0.717, 1.165) is 37.4 Å². The number of hydrogen-bond donors (Lipinski definition) is 1. The van der Waals surface area contributed by atoms with E-state index in [-0.39, 0.29) is 11.3 Å². The Kier molecular flexibility index (Phi) is 9.67. The molecule has 1 N–H and O–H groups in total. The molecule has 0 saturated carbocycles. The Morgan fingerprint density at radius 1 is 1.00 bits per heavy atom. The van der Waals surface area contributed by atoms with Crippen molar-refractivity contribution in [2.75, 3.05) is 38.1 Å². The fourth-order valence-electron chi connectivity index (χ4n) is 4.34. The second kappa shape index (κ2) is 13.2. The number of carboxylic acid groups (broad SMARTS) is 1. The molecule has 15 heteroatoms. The molecule has 9 nitrogen and oxygen atoms in total. The maximum Gasteiger partial charge on any atom is 0.573 e. The van der Waals surface area contributed by atoms with Crippen molar-refractivity contribution < 1.29 is 50.3 Å². The summed E-state index contributed by atoms with van der Waals surface area (Å²) < 4.78 is 79.9. The van der Waals surface area contributed by atoms with Gasteiger partial charge in [0.25, 0.3) is 5.56 Å². The zero-order chi connectivity index (χ0) is 32.1. The number of rotatable bonds is 6. The fraction of sp³-hybridized carbons (Fsp3) is 0.276. The van der Waals surface area contributed by atoms with Gasteiger partial charge >= 0.3 is 12.5 Å². The van der Waals surface area contributed by atoms with Gasteiger partial charge in [-0.15, -0.1) is 13.2 Å². The Labute approximate surface area is 246 Å². The smallest absolute Gasteiger partial charge is 0.542 e. The Morgan fingerprint density at radius 2 is 1.64 bits per heavy atom. The molecule has 4 aromatic rings. The van der Waals surface area contributed by atoms with Crippen LogP contribution in [0.4, 0.5) is 32.0 Å². The van der Waals surface area contributed by atoms with Gasteiger partial charge in [-0.1, -0.05) is 12.1 Å². The van der Waals surface area contributed by atoms with Crippen LogP contribution in [0.3, 0.4) is 0 Å². The molecular weight excluding hydrogens is 598 g/mol. The van der Waals surface area contributed by atoms with Crippen LogP contribution in [0.1, 0.15) is 5.56 Å². The van der Waals surface area contributed by atoms with Crippen LogP contribution in [0.5, 0.6) is 5.75 Å². The molecule has 0 radical (unpaired) electrons. The zero-order valence-electron chi connectivity index (χ0n) is 23.1. The number of benzene rings is 2. The molecule has 0 amide bonds. The van der Waals surface area contributed by atoms with Gasteiger partial charge in [-0.05, 0) is 48.0 Å². The summed E-state index contributed by atoms with van der Waals surface area (Å²) in [4.78, 5) is 29.7. The molecule has 5 rings (SSSR count). The third-order valence-corrected chi connectivity index (χ3v) is 6.60. The first-order chi connectivity index (χ1) is 20.7. The lowest BCUT2D eigenvalue weighted by Gasteiger charge is -2.32.